The molecule has 0 radical (unpaired) electrons. The Bertz CT molecular complexity index is 1840. The van der Waals surface area contributed by atoms with Gasteiger partial charge in [0.25, 0.3) is 5.78 Å². The Morgan fingerprint density at radius 3 is 2.66 bits per heavy atom. The highest BCUT2D eigenvalue weighted by atomic mass is 32.2. The zero-order valence-corrected chi connectivity index (χ0v) is 23.5. The molecule has 3 aromatic carbocycles. The van der Waals surface area contributed by atoms with Gasteiger partial charge in [-0.15, -0.1) is 10.2 Å². The van der Waals surface area contributed by atoms with E-state index in [9.17, 15) is 19.1 Å². The number of aliphatic hydroxyl groups is 1. The Morgan fingerprint density at radius 2 is 1.90 bits per heavy atom. The number of carbonyl (C=O) groups is 2. The number of halogens is 1. The number of furan rings is 1. The Hall–Kier alpha value is -4.48. The standard InChI is InChI=1S/C30H22FN3O5S2/c1-16-10-12-23(39-16)25-24(26(35)18-11-13-22(38-2)21(31)14-18)27(36)28(37)34(25)29-32-33-30(41-29)40-15-19-8-5-7-17-6-3-4-9-20(17)19/h3-14,25,35H,15H2,1-2H3/b26-24-. The molecule has 1 unspecified atom stereocenters. The fourth-order valence-corrected chi connectivity index (χ4v) is 6.66. The normalized spacial score (nSPS) is 16.6. The van der Waals surface area contributed by atoms with Crippen LogP contribution in [-0.4, -0.2) is 34.1 Å². The van der Waals surface area contributed by atoms with E-state index in [0.29, 0.717) is 15.9 Å². The summed E-state index contributed by atoms with van der Waals surface area (Å²) in [6.07, 6.45) is 0. The van der Waals surface area contributed by atoms with Crippen molar-refractivity contribution in [2.45, 2.75) is 23.1 Å². The van der Waals surface area contributed by atoms with Crippen LogP contribution in [0.3, 0.4) is 0 Å². The summed E-state index contributed by atoms with van der Waals surface area (Å²) in [5.41, 5.74) is 0.898. The van der Waals surface area contributed by atoms with Gasteiger partial charge in [-0.2, -0.15) is 0 Å². The van der Waals surface area contributed by atoms with Crippen LogP contribution in [0.2, 0.25) is 0 Å². The summed E-state index contributed by atoms with van der Waals surface area (Å²) in [5.74, 6) is -1.72. The lowest BCUT2D eigenvalue weighted by Gasteiger charge is -2.20. The number of hydrogen-bond donors (Lipinski definition) is 1. The number of rotatable bonds is 7. The van der Waals surface area contributed by atoms with Crippen LogP contribution in [0.5, 0.6) is 5.75 Å². The van der Waals surface area contributed by atoms with Crippen molar-refractivity contribution in [3.8, 4) is 5.75 Å². The molecule has 1 N–H and O–H groups in total. The van der Waals surface area contributed by atoms with Gasteiger partial charge < -0.3 is 14.3 Å². The van der Waals surface area contributed by atoms with Gasteiger partial charge in [0.1, 0.15) is 23.3 Å². The van der Waals surface area contributed by atoms with Crippen LogP contribution in [0.4, 0.5) is 9.52 Å². The van der Waals surface area contributed by atoms with Crippen LogP contribution < -0.4 is 9.64 Å². The highest BCUT2D eigenvalue weighted by molar-refractivity contribution is 8.00. The first-order chi connectivity index (χ1) is 19.9. The molecule has 1 amide bonds. The number of fused-ring (bicyclic) bond motifs is 1. The molecule has 1 atom stereocenters. The van der Waals surface area contributed by atoms with Crippen molar-refractivity contribution in [3.05, 3.63) is 107 Å². The fraction of sp³-hybridized carbons (Fsp3) is 0.133. The highest BCUT2D eigenvalue weighted by Gasteiger charge is 2.49. The second kappa shape index (κ2) is 10.8. The average Bonchev–Trinajstić information content (AvgIpc) is 3.69. The maximum atomic E-state index is 14.5. The molecule has 5 aromatic rings. The van der Waals surface area contributed by atoms with Gasteiger partial charge >= 0.3 is 5.91 Å². The molecule has 41 heavy (non-hydrogen) atoms. The number of hydrogen-bond acceptors (Lipinski definition) is 9. The molecule has 8 nitrogen and oxygen atoms in total. The summed E-state index contributed by atoms with van der Waals surface area (Å²) in [4.78, 5) is 27.9. The maximum Gasteiger partial charge on any atom is 0.302 e. The van der Waals surface area contributed by atoms with Crippen molar-refractivity contribution < 1.29 is 28.2 Å². The number of ketones is 1. The lowest BCUT2D eigenvalue weighted by Crippen LogP contribution is -2.29. The van der Waals surface area contributed by atoms with Gasteiger partial charge in [-0.1, -0.05) is 65.6 Å². The summed E-state index contributed by atoms with van der Waals surface area (Å²) in [6, 6.07) is 20.2. The molecule has 1 aliphatic heterocycles. The fourth-order valence-electron chi connectivity index (χ4n) is 4.78. The molecule has 0 saturated carbocycles. The first kappa shape index (κ1) is 26.7. The summed E-state index contributed by atoms with van der Waals surface area (Å²) < 4.78 is 25.8. The molecular formula is C30H22FN3O5S2. The van der Waals surface area contributed by atoms with Gasteiger partial charge in [0.2, 0.25) is 5.13 Å². The minimum atomic E-state index is -1.13. The SMILES string of the molecule is COc1ccc(/C(O)=C2/C(=O)C(=O)N(c3nnc(SCc4cccc5ccccc45)s3)C2c2ccc(C)o2)cc1F. The van der Waals surface area contributed by atoms with Gasteiger partial charge in [0.15, 0.2) is 15.9 Å². The number of Topliss-reactive ketones (excluding diaryl/α,β-unsaturated/α-hetero) is 1. The number of ether oxygens (including phenoxy) is 1. The van der Waals surface area contributed by atoms with Crippen molar-refractivity contribution >= 4 is 56.5 Å². The summed E-state index contributed by atoms with van der Waals surface area (Å²) >= 11 is 2.62. The number of aryl methyl sites for hydroxylation is 1. The van der Waals surface area contributed by atoms with Crippen LogP contribution in [0.25, 0.3) is 16.5 Å². The van der Waals surface area contributed by atoms with Crippen LogP contribution in [0.1, 0.15) is 28.7 Å². The topological polar surface area (TPSA) is 106 Å². The molecule has 1 saturated heterocycles. The van der Waals surface area contributed by atoms with Gasteiger partial charge in [0, 0.05) is 11.3 Å². The van der Waals surface area contributed by atoms with E-state index in [4.69, 9.17) is 9.15 Å². The third-order valence-corrected chi connectivity index (χ3v) is 8.84. The van der Waals surface area contributed by atoms with E-state index < -0.39 is 29.3 Å². The molecule has 3 heterocycles. The van der Waals surface area contributed by atoms with E-state index in [-0.39, 0.29) is 27.8 Å². The second-order valence-corrected chi connectivity index (χ2v) is 11.4. The van der Waals surface area contributed by atoms with Crippen LogP contribution in [-0.2, 0) is 15.3 Å². The predicted molar refractivity (Wildman–Crippen MR) is 155 cm³/mol. The van der Waals surface area contributed by atoms with E-state index in [0.717, 1.165) is 33.7 Å². The second-order valence-electron chi connectivity index (χ2n) is 9.24. The van der Waals surface area contributed by atoms with Gasteiger partial charge in [-0.3, -0.25) is 14.5 Å². The minimum absolute atomic E-state index is 0.0122. The number of aliphatic hydroxyl groups excluding tert-OH is 1. The van der Waals surface area contributed by atoms with Crippen molar-refractivity contribution in [1.29, 1.82) is 0 Å². The van der Waals surface area contributed by atoms with Crippen LogP contribution >= 0.6 is 23.1 Å². The molecule has 0 bridgehead atoms. The zero-order valence-electron chi connectivity index (χ0n) is 21.8. The molecule has 1 fully saturated rings. The summed E-state index contributed by atoms with van der Waals surface area (Å²) in [6.45, 7) is 1.72. The summed E-state index contributed by atoms with van der Waals surface area (Å²) in [5, 5.41) is 22.1. The van der Waals surface area contributed by atoms with Crippen molar-refractivity contribution in [2.24, 2.45) is 0 Å². The molecule has 0 spiro atoms. The Morgan fingerprint density at radius 1 is 1.10 bits per heavy atom. The van der Waals surface area contributed by atoms with E-state index in [1.165, 1.54) is 35.9 Å². The smallest absolute Gasteiger partial charge is 0.302 e. The number of aromatic nitrogens is 2. The van der Waals surface area contributed by atoms with E-state index in [1.54, 1.807) is 19.1 Å². The van der Waals surface area contributed by atoms with E-state index in [1.807, 2.05) is 18.2 Å². The Labute approximate surface area is 242 Å². The van der Waals surface area contributed by atoms with E-state index in [2.05, 4.69) is 34.5 Å². The molecular weight excluding hydrogens is 565 g/mol. The lowest BCUT2D eigenvalue weighted by molar-refractivity contribution is -0.132. The quantitative estimate of drug-likeness (QED) is 0.0741. The molecule has 2 aromatic heterocycles. The first-order valence-corrected chi connectivity index (χ1v) is 14.3. The number of carbonyl (C=O) groups excluding carboxylic acids is 2. The third kappa shape index (κ3) is 4.87. The van der Waals surface area contributed by atoms with Gasteiger partial charge in [-0.05, 0) is 53.6 Å². The number of thioether (sulfide) groups is 1. The molecule has 1 aliphatic rings. The summed E-state index contributed by atoms with van der Waals surface area (Å²) in [7, 11) is 1.32. The maximum absolute atomic E-state index is 14.5. The molecule has 206 valence electrons. The number of benzene rings is 3. The average molecular weight is 588 g/mol. The van der Waals surface area contributed by atoms with Gasteiger partial charge in [0.05, 0.1) is 12.7 Å². The monoisotopic (exact) mass is 587 g/mol. The molecule has 6 rings (SSSR count). The number of amides is 1. The van der Waals surface area contributed by atoms with Crippen molar-refractivity contribution in [1.82, 2.24) is 10.2 Å². The largest absolute Gasteiger partial charge is 0.507 e. The molecule has 11 heteroatoms. The number of anilines is 1. The van der Waals surface area contributed by atoms with Crippen molar-refractivity contribution in [2.75, 3.05) is 12.0 Å². The number of methoxy groups -OCH3 is 1. The third-order valence-electron chi connectivity index (χ3n) is 6.73. The first-order valence-electron chi connectivity index (χ1n) is 12.5. The van der Waals surface area contributed by atoms with Crippen LogP contribution in [0.15, 0.2) is 87.1 Å². The number of nitrogens with zero attached hydrogens (tertiary/aromatic N) is 3. The molecule has 0 aliphatic carbocycles. The van der Waals surface area contributed by atoms with Crippen LogP contribution in [0, 0.1) is 12.7 Å². The van der Waals surface area contributed by atoms with Crippen molar-refractivity contribution in [3.63, 3.8) is 0 Å². The highest BCUT2D eigenvalue weighted by Crippen LogP contribution is 2.44. The van der Waals surface area contributed by atoms with Gasteiger partial charge in [-0.25, -0.2) is 4.39 Å². The zero-order chi connectivity index (χ0) is 28.7. The minimum Gasteiger partial charge on any atom is -0.507 e. The Kier molecular flexibility index (Phi) is 7.06. The van der Waals surface area contributed by atoms with E-state index >= 15 is 0 Å². The lowest BCUT2D eigenvalue weighted by atomic mass is 9.99. The predicted octanol–water partition coefficient (Wildman–Crippen LogP) is 6.66. The Balaban J connectivity index is 1.36.